The van der Waals surface area contributed by atoms with Crippen LogP contribution in [0.15, 0.2) is 126 Å². The Morgan fingerprint density at radius 2 is 1.03 bits per heavy atom. The summed E-state index contributed by atoms with van der Waals surface area (Å²) < 4.78 is 17.9. The molecule has 2 aliphatic rings. The number of anilines is 4. The third-order valence-corrected chi connectivity index (χ3v) is 14.0. The third kappa shape index (κ3) is 8.17. The summed E-state index contributed by atoms with van der Waals surface area (Å²) in [6.45, 7) is 14.2. The average molecular weight is 825 g/mol. The molecule has 0 saturated heterocycles. The Kier molecular flexibility index (Phi) is 12.0. The van der Waals surface area contributed by atoms with Crippen LogP contribution in [0.5, 0.6) is 0 Å². The number of benzene rings is 4. The lowest BCUT2D eigenvalue weighted by Gasteiger charge is -2.22. The van der Waals surface area contributed by atoms with Crippen LogP contribution >= 0.6 is 23.5 Å². The van der Waals surface area contributed by atoms with Gasteiger partial charge in [-0.1, -0.05) is 47.8 Å². The fraction of sp³-hybridized carbons (Fsp3) is 0.306. The van der Waals surface area contributed by atoms with Crippen molar-refractivity contribution in [1.82, 2.24) is 9.15 Å². The molecule has 0 spiro atoms. The Morgan fingerprint density at radius 1 is 0.559 bits per heavy atom. The van der Waals surface area contributed by atoms with E-state index in [0.29, 0.717) is 0 Å². The van der Waals surface area contributed by atoms with Crippen LogP contribution < -0.4 is 39.9 Å². The Balaban J connectivity index is 1.11. The van der Waals surface area contributed by atoms with Crippen LogP contribution in [0.25, 0.3) is 34.1 Å². The first-order valence-corrected chi connectivity index (χ1v) is 22.5. The molecule has 0 saturated carbocycles. The number of nitrogens with zero attached hydrogens (tertiary/aromatic N) is 6. The number of hydrogen-bond acceptors (Lipinski definition) is 8. The van der Waals surface area contributed by atoms with E-state index in [4.69, 9.17) is 8.83 Å². The van der Waals surface area contributed by atoms with Crippen LogP contribution in [-0.4, -0.2) is 67.5 Å². The minimum absolute atomic E-state index is 0.816. The lowest BCUT2D eigenvalue weighted by Crippen LogP contribution is -2.31. The highest BCUT2D eigenvalue weighted by Crippen LogP contribution is 2.47. The minimum atomic E-state index is 0.816. The Labute approximate surface area is 357 Å². The first-order valence-electron chi connectivity index (χ1n) is 20.9. The molecule has 0 amide bonds. The molecule has 4 aromatic carbocycles. The number of thioether (sulfide) groups is 2. The molecule has 0 N–H and O–H groups in total. The van der Waals surface area contributed by atoms with Gasteiger partial charge in [-0.25, -0.2) is 9.15 Å². The molecule has 0 atom stereocenters. The van der Waals surface area contributed by atoms with Crippen LogP contribution in [0.3, 0.4) is 0 Å². The van der Waals surface area contributed by atoms with E-state index in [1.54, 1.807) is 0 Å². The molecule has 0 aliphatic carbocycles. The summed E-state index contributed by atoms with van der Waals surface area (Å²) >= 11 is 3.63. The summed E-state index contributed by atoms with van der Waals surface area (Å²) in [6, 6.07) is 34.9. The van der Waals surface area contributed by atoms with E-state index < -0.39 is 0 Å². The maximum absolute atomic E-state index is 6.75. The van der Waals surface area contributed by atoms with Gasteiger partial charge in [0, 0.05) is 84.3 Å². The molecule has 10 heteroatoms. The Morgan fingerprint density at radius 3 is 1.59 bits per heavy atom. The van der Waals surface area contributed by atoms with Crippen molar-refractivity contribution >= 4 is 80.4 Å². The van der Waals surface area contributed by atoms with E-state index >= 15 is 0 Å². The maximum Gasteiger partial charge on any atom is 0.368 e. The number of para-hydroxylation sites is 2. The van der Waals surface area contributed by atoms with Crippen molar-refractivity contribution in [3.8, 4) is 0 Å². The Bertz CT molecular complexity index is 2740. The second-order valence-electron chi connectivity index (χ2n) is 15.2. The van der Waals surface area contributed by atoms with Crippen LogP contribution in [-0.2, 0) is 0 Å². The van der Waals surface area contributed by atoms with Crippen molar-refractivity contribution in [2.45, 2.75) is 43.9 Å². The third-order valence-electron chi connectivity index (χ3n) is 11.6. The molecule has 2 aliphatic heterocycles. The van der Waals surface area contributed by atoms with Gasteiger partial charge < -0.3 is 28.4 Å². The predicted molar refractivity (Wildman–Crippen MR) is 254 cm³/mol. The van der Waals surface area contributed by atoms with Crippen molar-refractivity contribution in [3.05, 3.63) is 129 Å². The van der Waals surface area contributed by atoms with Gasteiger partial charge in [0.1, 0.15) is 25.3 Å². The van der Waals surface area contributed by atoms with Gasteiger partial charge in [0.2, 0.25) is 0 Å². The van der Waals surface area contributed by atoms with Gasteiger partial charge >= 0.3 is 11.1 Å². The van der Waals surface area contributed by atoms with E-state index in [1.807, 2.05) is 23.5 Å². The van der Waals surface area contributed by atoms with Crippen molar-refractivity contribution in [3.63, 3.8) is 0 Å². The molecule has 0 fully saturated rings. The monoisotopic (exact) mass is 824 g/mol. The van der Waals surface area contributed by atoms with Gasteiger partial charge in [0.05, 0.1) is 40.0 Å². The Hall–Kier alpha value is -5.32. The van der Waals surface area contributed by atoms with Crippen molar-refractivity contribution in [1.29, 1.82) is 0 Å². The molecule has 6 aromatic rings. The highest BCUT2D eigenvalue weighted by Gasteiger charge is 2.24. The topological polar surface area (TPSA) is 45.3 Å². The highest BCUT2D eigenvalue weighted by molar-refractivity contribution is 8.04. The van der Waals surface area contributed by atoms with Gasteiger partial charge in [-0.05, 0) is 99.5 Å². The van der Waals surface area contributed by atoms with Gasteiger partial charge in [0.25, 0.3) is 0 Å². The minimum Gasteiger partial charge on any atom is -0.405 e. The molecule has 8 rings (SSSR count). The molecular weight excluding hydrogens is 769 g/mol. The molecule has 59 heavy (non-hydrogen) atoms. The van der Waals surface area contributed by atoms with Crippen LogP contribution in [0, 0.1) is 0 Å². The molecule has 8 nitrogen and oxygen atoms in total. The van der Waals surface area contributed by atoms with Crippen LogP contribution in [0.2, 0.25) is 0 Å². The van der Waals surface area contributed by atoms with Crippen molar-refractivity contribution in [2.75, 3.05) is 87.1 Å². The largest absolute Gasteiger partial charge is 0.405 e. The second-order valence-corrected chi connectivity index (χ2v) is 17.3. The van der Waals surface area contributed by atoms with E-state index in [9.17, 15) is 0 Å². The average Bonchev–Trinajstić information content (AvgIpc) is 3.75. The maximum atomic E-state index is 6.75. The summed E-state index contributed by atoms with van der Waals surface area (Å²) in [7, 11) is 8.55. The SMILES string of the molecule is CCN(CC)c1cc(C=C2Sc3ccccc3N2C)c2ccc(=[N+](C)CCC[N+](C)=c3cc(C=C4Sc5ccccc5N4C)c4ccc(N(CC)CC)cc4o3)oc2c1. The summed E-state index contributed by atoms with van der Waals surface area (Å²) in [5, 5.41) is 4.62. The van der Waals surface area contributed by atoms with Gasteiger partial charge in [-0.2, -0.15) is 0 Å². The fourth-order valence-corrected chi connectivity index (χ4v) is 10.3. The zero-order valence-electron chi connectivity index (χ0n) is 35.7. The van der Waals surface area contributed by atoms with Gasteiger partial charge in [-0.3, -0.25) is 0 Å². The van der Waals surface area contributed by atoms with Crippen LogP contribution in [0.4, 0.5) is 22.7 Å². The smallest absolute Gasteiger partial charge is 0.368 e. The number of hydrogen-bond donors (Lipinski definition) is 0. The number of fused-ring (bicyclic) bond motifs is 4. The van der Waals surface area contributed by atoms with Crippen molar-refractivity contribution < 1.29 is 8.83 Å². The predicted octanol–water partition coefficient (Wildman–Crippen LogP) is 9.85. The van der Waals surface area contributed by atoms with Gasteiger partial charge in [0.15, 0.2) is 13.1 Å². The molecule has 0 radical (unpaired) electrons. The summed E-state index contributed by atoms with van der Waals surface area (Å²) in [6.07, 6.45) is 5.53. The lowest BCUT2D eigenvalue weighted by atomic mass is 10.1. The summed E-state index contributed by atoms with van der Waals surface area (Å²) in [5.41, 5.74) is 10.6. The molecular formula is C49H56N6O2S2+2. The van der Waals surface area contributed by atoms with E-state index in [0.717, 1.165) is 89.9 Å². The zero-order chi connectivity index (χ0) is 41.2. The first kappa shape index (κ1) is 40.5. The van der Waals surface area contributed by atoms with E-state index in [-0.39, 0.29) is 0 Å². The zero-order valence-corrected chi connectivity index (χ0v) is 37.3. The molecule has 0 unspecified atom stereocenters. The van der Waals surface area contributed by atoms with Crippen molar-refractivity contribution in [2.24, 2.45) is 0 Å². The van der Waals surface area contributed by atoms with E-state index in [1.165, 1.54) is 42.6 Å². The quantitative estimate of drug-likeness (QED) is 0.113. The summed E-state index contributed by atoms with van der Waals surface area (Å²) in [4.78, 5) is 11.9. The lowest BCUT2D eigenvalue weighted by molar-refractivity contribution is 0.438. The first-order chi connectivity index (χ1) is 28.7. The van der Waals surface area contributed by atoms with Gasteiger partial charge in [-0.15, -0.1) is 0 Å². The molecule has 0 bridgehead atoms. The molecule has 2 aromatic heterocycles. The second kappa shape index (κ2) is 17.5. The van der Waals surface area contributed by atoms with Crippen LogP contribution in [0.1, 0.15) is 45.2 Å². The summed E-state index contributed by atoms with van der Waals surface area (Å²) in [5.74, 6) is 0. The standard InChI is InChI=1S/C49H56N6O2S2/c1-9-54(10-2)36-22-23-38-35(31-49-53(8)41-19-14-16-21-45(41)59-49)29-47(57-42(38)32-36)51(6)27-17-26-50(5)46-25-24-39-34(28-37(33-43(39)56-46)55(11-3)12-4)30-48-52(7)40-18-13-15-20-44(40)58-48/h13-16,18-25,28-33H,9-12,17,26-27H2,1-8H3/q+2. The number of rotatable bonds is 12. The fourth-order valence-electron chi connectivity index (χ4n) is 8.10. The highest BCUT2D eigenvalue weighted by atomic mass is 32.2. The molecule has 304 valence electrons. The molecule has 4 heterocycles. The normalized spacial score (nSPS) is 16.0. The van der Waals surface area contributed by atoms with E-state index in [2.05, 4.69) is 194 Å².